The lowest BCUT2D eigenvalue weighted by Crippen LogP contribution is -2.46. The summed E-state index contributed by atoms with van der Waals surface area (Å²) in [5.41, 5.74) is 0. The van der Waals surface area contributed by atoms with E-state index < -0.39 is 16.1 Å². The number of carbonyl (C=O) groups excluding carboxylic acids is 1. The van der Waals surface area contributed by atoms with Gasteiger partial charge in [-0.25, -0.2) is 8.42 Å². The molecular weight excluding hydrogens is 432 g/mol. The van der Waals surface area contributed by atoms with Gasteiger partial charge in [-0.05, 0) is 58.8 Å². The van der Waals surface area contributed by atoms with Crippen LogP contribution in [0.2, 0.25) is 0 Å². The maximum atomic E-state index is 12.8. The number of amides is 1. The second kappa shape index (κ2) is 7.65. The minimum atomic E-state index is -3.62. The van der Waals surface area contributed by atoms with Crippen molar-refractivity contribution in [3.05, 3.63) is 38.3 Å². The van der Waals surface area contributed by atoms with E-state index in [4.69, 9.17) is 0 Å². The van der Waals surface area contributed by atoms with Crippen molar-refractivity contribution in [3.63, 3.8) is 0 Å². The molecular formula is C15H17BrN2O3S3. The molecule has 1 unspecified atom stereocenters. The Morgan fingerprint density at radius 1 is 1.38 bits per heavy atom. The third-order valence-corrected chi connectivity index (χ3v) is 8.80. The molecule has 2 aromatic rings. The highest BCUT2D eigenvalue weighted by Crippen LogP contribution is 2.32. The first kappa shape index (κ1) is 18.1. The van der Waals surface area contributed by atoms with Gasteiger partial charge in [-0.3, -0.25) is 4.79 Å². The molecule has 3 rings (SSSR count). The van der Waals surface area contributed by atoms with E-state index in [1.807, 2.05) is 17.5 Å². The normalized spacial score (nSPS) is 18.8. The van der Waals surface area contributed by atoms with Crippen LogP contribution < -0.4 is 5.32 Å². The zero-order chi connectivity index (χ0) is 17.2. The van der Waals surface area contributed by atoms with Gasteiger partial charge in [-0.2, -0.15) is 4.31 Å². The summed E-state index contributed by atoms with van der Waals surface area (Å²) in [5.74, 6) is -0.205. The third-order valence-electron chi connectivity index (χ3n) is 3.87. The van der Waals surface area contributed by atoms with Crippen LogP contribution in [0.15, 0.2) is 37.6 Å². The average molecular weight is 449 g/mol. The van der Waals surface area contributed by atoms with Crippen molar-refractivity contribution < 1.29 is 13.2 Å². The maximum absolute atomic E-state index is 12.8. The molecule has 0 aromatic carbocycles. The number of nitrogens with zero attached hydrogens (tertiary/aromatic N) is 1. The highest BCUT2D eigenvalue weighted by molar-refractivity contribution is 9.11. The minimum Gasteiger partial charge on any atom is -0.354 e. The van der Waals surface area contributed by atoms with Gasteiger partial charge in [0, 0.05) is 18.0 Å². The topological polar surface area (TPSA) is 66.5 Å². The summed E-state index contributed by atoms with van der Waals surface area (Å²) < 4.78 is 27.9. The molecule has 5 nitrogen and oxygen atoms in total. The van der Waals surface area contributed by atoms with Gasteiger partial charge in [0.25, 0.3) is 10.0 Å². The van der Waals surface area contributed by atoms with E-state index in [2.05, 4.69) is 21.2 Å². The lowest BCUT2D eigenvalue weighted by molar-refractivity contribution is -0.124. The molecule has 1 amide bonds. The second-order valence-corrected chi connectivity index (χ2v) is 11.1. The van der Waals surface area contributed by atoms with Gasteiger partial charge >= 0.3 is 0 Å². The molecule has 1 fully saturated rings. The highest BCUT2D eigenvalue weighted by atomic mass is 79.9. The van der Waals surface area contributed by atoms with Gasteiger partial charge in [0.15, 0.2) is 0 Å². The smallest absolute Gasteiger partial charge is 0.253 e. The van der Waals surface area contributed by atoms with Crippen molar-refractivity contribution >= 4 is 54.5 Å². The molecule has 0 bridgehead atoms. The molecule has 1 atom stereocenters. The van der Waals surface area contributed by atoms with Crippen LogP contribution in [-0.2, 0) is 21.2 Å². The molecule has 3 heterocycles. The summed E-state index contributed by atoms with van der Waals surface area (Å²) in [6.45, 7) is 0.912. The Kier molecular flexibility index (Phi) is 5.76. The number of thiophene rings is 2. The number of carbonyl (C=O) groups is 1. The number of halogens is 1. The van der Waals surface area contributed by atoms with E-state index in [1.165, 1.54) is 20.5 Å². The molecule has 130 valence electrons. The standard InChI is InChI=1S/C15H17BrN2O3S3/c16-13-5-6-14(23-13)24(20,21)18-9-1-4-12(18)15(19)17-8-7-11-3-2-10-22-11/h2-3,5-6,10,12H,1,4,7-9H2,(H,17,19). The first-order valence-corrected chi connectivity index (χ1v) is 11.5. The average Bonchev–Trinajstić information content (AvgIpc) is 3.28. The van der Waals surface area contributed by atoms with Crippen LogP contribution in [0.25, 0.3) is 0 Å². The summed E-state index contributed by atoms with van der Waals surface area (Å²) in [5, 5.41) is 4.88. The van der Waals surface area contributed by atoms with Crippen molar-refractivity contribution in [3.8, 4) is 0 Å². The van der Waals surface area contributed by atoms with Crippen LogP contribution in [0, 0.1) is 0 Å². The largest absolute Gasteiger partial charge is 0.354 e. The zero-order valence-corrected chi connectivity index (χ0v) is 16.8. The molecule has 0 spiro atoms. The van der Waals surface area contributed by atoms with Crippen LogP contribution in [0.1, 0.15) is 17.7 Å². The first-order chi connectivity index (χ1) is 11.5. The van der Waals surface area contributed by atoms with Crippen molar-refractivity contribution in [1.82, 2.24) is 9.62 Å². The number of nitrogens with one attached hydrogen (secondary N) is 1. The molecule has 1 aliphatic heterocycles. The van der Waals surface area contributed by atoms with E-state index in [0.29, 0.717) is 25.9 Å². The maximum Gasteiger partial charge on any atom is 0.253 e. The fourth-order valence-corrected chi connectivity index (χ4v) is 7.23. The quantitative estimate of drug-likeness (QED) is 0.737. The Morgan fingerprint density at radius 2 is 2.21 bits per heavy atom. The zero-order valence-electron chi connectivity index (χ0n) is 12.8. The number of hydrogen-bond acceptors (Lipinski definition) is 5. The minimum absolute atomic E-state index is 0.205. The van der Waals surface area contributed by atoms with E-state index in [9.17, 15) is 13.2 Å². The molecule has 2 aromatic heterocycles. The summed E-state index contributed by atoms with van der Waals surface area (Å²) in [6.07, 6.45) is 2.03. The van der Waals surface area contributed by atoms with Crippen LogP contribution >= 0.6 is 38.6 Å². The Labute approximate surface area is 157 Å². The summed E-state index contributed by atoms with van der Waals surface area (Å²) in [4.78, 5) is 13.7. The molecule has 0 radical (unpaired) electrons. The highest BCUT2D eigenvalue weighted by Gasteiger charge is 2.39. The van der Waals surface area contributed by atoms with Crippen molar-refractivity contribution in [1.29, 1.82) is 0 Å². The van der Waals surface area contributed by atoms with Gasteiger partial charge in [0.1, 0.15) is 10.3 Å². The SMILES string of the molecule is O=C(NCCc1cccs1)C1CCCN1S(=O)(=O)c1ccc(Br)s1. The fourth-order valence-electron chi connectivity index (χ4n) is 2.72. The first-order valence-electron chi connectivity index (χ1n) is 7.56. The number of hydrogen-bond donors (Lipinski definition) is 1. The van der Waals surface area contributed by atoms with Gasteiger partial charge in [0.05, 0.1) is 3.79 Å². The number of sulfonamides is 1. The van der Waals surface area contributed by atoms with E-state index in [-0.39, 0.29) is 10.1 Å². The fraction of sp³-hybridized carbons (Fsp3) is 0.400. The summed E-state index contributed by atoms with van der Waals surface area (Å²) >= 11 is 6.11. The molecule has 24 heavy (non-hydrogen) atoms. The molecule has 0 saturated carbocycles. The van der Waals surface area contributed by atoms with Crippen molar-refractivity contribution in [2.24, 2.45) is 0 Å². The van der Waals surface area contributed by atoms with E-state index >= 15 is 0 Å². The Morgan fingerprint density at radius 3 is 2.88 bits per heavy atom. The molecule has 1 saturated heterocycles. The van der Waals surface area contributed by atoms with Crippen LogP contribution in [0.3, 0.4) is 0 Å². The number of rotatable bonds is 6. The molecule has 1 aliphatic rings. The van der Waals surface area contributed by atoms with E-state index in [0.717, 1.165) is 10.2 Å². The Hall–Kier alpha value is -0.740. The van der Waals surface area contributed by atoms with Crippen LogP contribution in [0.5, 0.6) is 0 Å². The molecule has 0 aliphatic carbocycles. The second-order valence-electron chi connectivity index (χ2n) is 5.45. The lowest BCUT2D eigenvalue weighted by Gasteiger charge is -2.22. The van der Waals surface area contributed by atoms with Gasteiger partial charge in [0.2, 0.25) is 5.91 Å². The van der Waals surface area contributed by atoms with E-state index in [1.54, 1.807) is 23.5 Å². The molecule has 1 N–H and O–H groups in total. The third kappa shape index (κ3) is 3.91. The van der Waals surface area contributed by atoms with Crippen LogP contribution in [-0.4, -0.2) is 37.8 Å². The Bertz CT molecular complexity index is 802. The van der Waals surface area contributed by atoms with Gasteiger partial charge < -0.3 is 5.32 Å². The van der Waals surface area contributed by atoms with Gasteiger partial charge in [-0.15, -0.1) is 22.7 Å². The van der Waals surface area contributed by atoms with Crippen molar-refractivity contribution in [2.45, 2.75) is 29.5 Å². The van der Waals surface area contributed by atoms with Crippen LogP contribution in [0.4, 0.5) is 0 Å². The molecule has 9 heteroatoms. The van der Waals surface area contributed by atoms with Crippen molar-refractivity contribution in [2.75, 3.05) is 13.1 Å². The summed E-state index contributed by atoms with van der Waals surface area (Å²) in [7, 11) is -3.62. The monoisotopic (exact) mass is 448 g/mol. The Balaban J connectivity index is 1.65. The lowest BCUT2D eigenvalue weighted by atomic mass is 10.2. The summed E-state index contributed by atoms with van der Waals surface area (Å²) in [6, 6.07) is 6.68. The predicted octanol–water partition coefficient (Wildman–Crippen LogP) is 3.08. The predicted molar refractivity (Wildman–Crippen MR) is 100.0 cm³/mol. The van der Waals surface area contributed by atoms with Gasteiger partial charge in [-0.1, -0.05) is 6.07 Å².